The standard InChI is InChI=1S/C24H18FNO3/c1-16-3-2-4-18(13-16)15-28-21-11-5-17(6-12-21)14-22-24(27)29-23(26-22)19-7-9-20(25)10-8-19/h2-14H,15H2,1H3/b22-14-. The van der Waals surface area contributed by atoms with E-state index in [0.717, 1.165) is 16.9 Å². The molecule has 0 aliphatic carbocycles. The lowest BCUT2D eigenvalue weighted by Crippen LogP contribution is -2.05. The Morgan fingerprint density at radius 3 is 2.52 bits per heavy atom. The van der Waals surface area contributed by atoms with Crippen molar-refractivity contribution in [2.75, 3.05) is 0 Å². The summed E-state index contributed by atoms with van der Waals surface area (Å²) < 4.78 is 24.0. The van der Waals surface area contributed by atoms with Gasteiger partial charge in [-0.1, -0.05) is 42.0 Å². The molecule has 4 rings (SSSR count). The Hall–Kier alpha value is -3.73. The van der Waals surface area contributed by atoms with Crippen LogP contribution in [0.2, 0.25) is 0 Å². The van der Waals surface area contributed by atoms with Crippen molar-refractivity contribution in [1.29, 1.82) is 0 Å². The number of aliphatic imine (C=N–C) groups is 1. The second-order valence-corrected chi connectivity index (χ2v) is 6.69. The van der Waals surface area contributed by atoms with E-state index in [1.54, 1.807) is 6.08 Å². The summed E-state index contributed by atoms with van der Waals surface area (Å²) in [6, 6.07) is 21.2. The molecule has 1 aliphatic heterocycles. The van der Waals surface area contributed by atoms with E-state index in [-0.39, 0.29) is 17.4 Å². The number of esters is 1. The number of benzene rings is 3. The van der Waals surface area contributed by atoms with Gasteiger partial charge in [0.2, 0.25) is 5.90 Å². The molecule has 0 amide bonds. The normalized spacial score (nSPS) is 14.6. The monoisotopic (exact) mass is 387 g/mol. The van der Waals surface area contributed by atoms with Crippen LogP contribution < -0.4 is 4.74 Å². The highest BCUT2D eigenvalue weighted by molar-refractivity contribution is 6.12. The molecule has 0 atom stereocenters. The Morgan fingerprint density at radius 2 is 1.79 bits per heavy atom. The summed E-state index contributed by atoms with van der Waals surface area (Å²) in [7, 11) is 0. The molecule has 5 heteroatoms. The minimum absolute atomic E-state index is 0.166. The van der Waals surface area contributed by atoms with Crippen LogP contribution in [0.25, 0.3) is 6.08 Å². The molecule has 0 unspecified atom stereocenters. The van der Waals surface area contributed by atoms with E-state index >= 15 is 0 Å². The summed E-state index contributed by atoms with van der Waals surface area (Å²) >= 11 is 0. The number of halogens is 1. The molecule has 3 aromatic carbocycles. The summed E-state index contributed by atoms with van der Waals surface area (Å²) in [4.78, 5) is 16.3. The van der Waals surface area contributed by atoms with Crippen LogP contribution in [0.1, 0.15) is 22.3 Å². The van der Waals surface area contributed by atoms with Gasteiger partial charge in [-0.3, -0.25) is 0 Å². The van der Waals surface area contributed by atoms with Gasteiger partial charge in [-0.25, -0.2) is 14.2 Å². The van der Waals surface area contributed by atoms with E-state index in [9.17, 15) is 9.18 Å². The lowest BCUT2D eigenvalue weighted by Gasteiger charge is -2.07. The number of aryl methyl sites for hydroxylation is 1. The average molecular weight is 387 g/mol. The van der Waals surface area contributed by atoms with Gasteiger partial charge in [0.1, 0.15) is 18.2 Å². The molecule has 29 heavy (non-hydrogen) atoms. The lowest BCUT2D eigenvalue weighted by molar-refractivity contribution is -0.129. The van der Waals surface area contributed by atoms with Crippen molar-refractivity contribution in [2.45, 2.75) is 13.5 Å². The number of rotatable bonds is 5. The molecule has 0 N–H and O–H groups in total. The van der Waals surface area contributed by atoms with E-state index in [2.05, 4.69) is 11.1 Å². The average Bonchev–Trinajstić information content (AvgIpc) is 3.08. The third-order valence-electron chi connectivity index (χ3n) is 4.38. The van der Waals surface area contributed by atoms with Gasteiger partial charge in [-0.15, -0.1) is 0 Å². The van der Waals surface area contributed by atoms with Gasteiger partial charge < -0.3 is 9.47 Å². The lowest BCUT2D eigenvalue weighted by atomic mass is 10.1. The van der Waals surface area contributed by atoms with Gasteiger partial charge in [0.05, 0.1) is 0 Å². The van der Waals surface area contributed by atoms with Gasteiger partial charge in [0.25, 0.3) is 0 Å². The van der Waals surface area contributed by atoms with Crippen LogP contribution in [0.4, 0.5) is 4.39 Å². The first-order valence-electron chi connectivity index (χ1n) is 9.14. The van der Waals surface area contributed by atoms with E-state index < -0.39 is 5.97 Å². The fourth-order valence-corrected chi connectivity index (χ4v) is 2.91. The van der Waals surface area contributed by atoms with Gasteiger partial charge in [-0.2, -0.15) is 0 Å². The first-order chi connectivity index (χ1) is 14.1. The molecule has 0 fully saturated rings. The third kappa shape index (κ3) is 4.58. The molecule has 4 nitrogen and oxygen atoms in total. The molecular weight excluding hydrogens is 369 g/mol. The van der Waals surface area contributed by atoms with Crippen LogP contribution >= 0.6 is 0 Å². The number of hydrogen-bond acceptors (Lipinski definition) is 4. The molecule has 0 bridgehead atoms. The topological polar surface area (TPSA) is 47.9 Å². The third-order valence-corrected chi connectivity index (χ3v) is 4.38. The second-order valence-electron chi connectivity index (χ2n) is 6.69. The molecule has 0 radical (unpaired) electrons. The highest BCUT2D eigenvalue weighted by Gasteiger charge is 2.24. The predicted octanol–water partition coefficient (Wildman–Crippen LogP) is 5.06. The zero-order valence-electron chi connectivity index (χ0n) is 15.8. The molecular formula is C24H18FNO3. The van der Waals surface area contributed by atoms with Crippen LogP contribution in [0, 0.1) is 12.7 Å². The Morgan fingerprint density at radius 1 is 1.03 bits per heavy atom. The number of hydrogen-bond donors (Lipinski definition) is 0. The summed E-state index contributed by atoms with van der Waals surface area (Å²) in [5.41, 5.74) is 3.83. The van der Waals surface area contributed by atoms with Crippen molar-refractivity contribution in [3.8, 4) is 5.75 Å². The number of cyclic esters (lactones) is 1. The number of carbonyl (C=O) groups is 1. The maximum absolute atomic E-state index is 13.0. The van der Waals surface area contributed by atoms with E-state index in [1.165, 1.54) is 29.8 Å². The van der Waals surface area contributed by atoms with Gasteiger partial charge in [0, 0.05) is 5.56 Å². The quantitative estimate of drug-likeness (QED) is 0.454. The van der Waals surface area contributed by atoms with Gasteiger partial charge in [0.15, 0.2) is 5.70 Å². The molecule has 1 aliphatic rings. The first kappa shape index (κ1) is 18.6. The van der Waals surface area contributed by atoms with Crippen molar-refractivity contribution in [3.63, 3.8) is 0 Å². The van der Waals surface area contributed by atoms with Crippen LogP contribution in [-0.2, 0) is 16.1 Å². The van der Waals surface area contributed by atoms with Crippen molar-refractivity contribution in [1.82, 2.24) is 0 Å². The molecule has 0 spiro atoms. The molecule has 3 aromatic rings. The molecule has 1 heterocycles. The van der Waals surface area contributed by atoms with Crippen LogP contribution in [0.3, 0.4) is 0 Å². The Bertz CT molecular complexity index is 1100. The van der Waals surface area contributed by atoms with Crippen LogP contribution in [0.5, 0.6) is 5.75 Å². The van der Waals surface area contributed by atoms with Crippen LogP contribution in [0.15, 0.2) is 83.5 Å². The van der Waals surface area contributed by atoms with Crippen molar-refractivity contribution in [2.24, 2.45) is 4.99 Å². The zero-order chi connectivity index (χ0) is 20.2. The highest BCUT2D eigenvalue weighted by atomic mass is 19.1. The first-order valence-corrected chi connectivity index (χ1v) is 9.14. The largest absolute Gasteiger partial charge is 0.489 e. The van der Waals surface area contributed by atoms with Gasteiger partial charge in [-0.05, 0) is 60.5 Å². The van der Waals surface area contributed by atoms with Crippen molar-refractivity contribution in [3.05, 3.63) is 107 Å². The van der Waals surface area contributed by atoms with Crippen LogP contribution in [-0.4, -0.2) is 11.9 Å². The Labute approximate surface area is 167 Å². The summed E-state index contributed by atoms with van der Waals surface area (Å²) in [6.07, 6.45) is 1.64. The Balaban J connectivity index is 1.45. The molecule has 0 saturated carbocycles. The number of carbonyl (C=O) groups excluding carboxylic acids is 1. The minimum atomic E-state index is -0.538. The summed E-state index contributed by atoms with van der Waals surface area (Å²) in [5, 5.41) is 0. The zero-order valence-corrected chi connectivity index (χ0v) is 15.8. The van der Waals surface area contributed by atoms with E-state index in [4.69, 9.17) is 9.47 Å². The second kappa shape index (κ2) is 8.10. The highest BCUT2D eigenvalue weighted by Crippen LogP contribution is 2.21. The molecule has 144 valence electrons. The van der Waals surface area contributed by atoms with Gasteiger partial charge >= 0.3 is 5.97 Å². The SMILES string of the molecule is Cc1cccc(COc2ccc(/C=C3\N=C(c4ccc(F)cc4)OC3=O)cc2)c1. The summed E-state index contributed by atoms with van der Waals surface area (Å²) in [6.45, 7) is 2.53. The molecule has 0 aromatic heterocycles. The maximum Gasteiger partial charge on any atom is 0.363 e. The summed E-state index contributed by atoms with van der Waals surface area (Å²) in [5.74, 6) is 0.000704. The minimum Gasteiger partial charge on any atom is -0.489 e. The predicted molar refractivity (Wildman–Crippen MR) is 109 cm³/mol. The number of nitrogens with zero attached hydrogens (tertiary/aromatic N) is 1. The molecule has 0 saturated heterocycles. The smallest absolute Gasteiger partial charge is 0.363 e. The fraction of sp³-hybridized carbons (Fsp3) is 0.0833. The van der Waals surface area contributed by atoms with Crippen molar-refractivity contribution < 1.29 is 18.7 Å². The van der Waals surface area contributed by atoms with Crippen molar-refractivity contribution >= 4 is 17.9 Å². The maximum atomic E-state index is 13.0. The fourth-order valence-electron chi connectivity index (χ4n) is 2.91. The van der Waals surface area contributed by atoms with E-state index in [1.807, 2.05) is 49.4 Å². The van der Waals surface area contributed by atoms with E-state index in [0.29, 0.717) is 12.2 Å². The number of ether oxygens (including phenoxy) is 2. The Kier molecular flexibility index (Phi) is 5.20.